The zero-order chi connectivity index (χ0) is 15.6. The minimum atomic E-state index is -0.102. The Bertz CT molecular complexity index is 532. The summed E-state index contributed by atoms with van der Waals surface area (Å²) < 4.78 is 1.84. The number of hydrogen-bond donors (Lipinski definition) is 0. The van der Waals surface area contributed by atoms with Crippen LogP contribution in [-0.2, 0) is 17.9 Å². The van der Waals surface area contributed by atoms with Crippen LogP contribution in [0.3, 0.4) is 0 Å². The average molecular weight is 292 g/mol. The third-order valence-electron chi connectivity index (χ3n) is 4.07. The molecule has 2 heterocycles. The summed E-state index contributed by atoms with van der Waals surface area (Å²) in [6.07, 6.45) is 1.74. The van der Waals surface area contributed by atoms with Crippen molar-refractivity contribution in [3.63, 3.8) is 0 Å². The number of hydrogen-bond acceptors (Lipinski definition) is 3. The van der Waals surface area contributed by atoms with Crippen LogP contribution in [0.1, 0.15) is 42.9 Å². The van der Waals surface area contributed by atoms with Gasteiger partial charge in [0.2, 0.25) is 5.91 Å². The van der Waals surface area contributed by atoms with Crippen molar-refractivity contribution in [3.05, 3.63) is 17.5 Å². The van der Waals surface area contributed by atoms with Crippen LogP contribution < -0.4 is 0 Å². The van der Waals surface area contributed by atoms with Crippen molar-refractivity contribution in [2.75, 3.05) is 20.6 Å². The summed E-state index contributed by atoms with van der Waals surface area (Å²) in [5.41, 5.74) is 1.39. The maximum absolute atomic E-state index is 12.4. The van der Waals surface area contributed by atoms with E-state index in [0.29, 0.717) is 25.3 Å². The molecule has 0 aliphatic carbocycles. The largest absolute Gasteiger partial charge is 0.343 e. The Balaban J connectivity index is 2.14. The SMILES string of the molecule is CCC(CC)C(=O)N1CCn2nc(C(=O)N(C)C)cc2C1. The summed E-state index contributed by atoms with van der Waals surface area (Å²) in [5.74, 6) is 0.213. The molecule has 0 atom stereocenters. The molecule has 0 fully saturated rings. The van der Waals surface area contributed by atoms with E-state index in [0.717, 1.165) is 18.5 Å². The molecule has 0 radical (unpaired) electrons. The first kappa shape index (κ1) is 15.5. The fourth-order valence-corrected chi connectivity index (χ4v) is 2.68. The Morgan fingerprint density at radius 3 is 2.52 bits per heavy atom. The Labute approximate surface area is 125 Å². The maximum Gasteiger partial charge on any atom is 0.273 e. The summed E-state index contributed by atoms with van der Waals surface area (Å²) in [7, 11) is 3.42. The molecule has 0 unspecified atom stereocenters. The molecule has 0 saturated heterocycles. The van der Waals surface area contributed by atoms with Crippen LogP contribution in [0.25, 0.3) is 0 Å². The van der Waals surface area contributed by atoms with Gasteiger partial charge in [0.15, 0.2) is 5.69 Å². The molecule has 1 aliphatic rings. The van der Waals surface area contributed by atoms with Crippen molar-refractivity contribution in [2.45, 2.75) is 39.8 Å². The van der Waals surface area contributed by atoms with Crippen molar-refractivity contribution >= 4 is 11.8 Å². The standard InChI is InChI=1S/C15H24N4O2/c1-5-11(6-2)14(20)18-7-8-19-12(10-18)9-13(16-19)15(21)17(3)4/h9,11H,5-8,10H2,1-4H3. The number of amides is 2. The Morgan fingerprint density at radius 1 is 1.29 bits per heavy atom. The molecule has 2 rings (SSSR count). The summed E-state index contributed by atoms with van der Waals surface area (Å²) in [6.45, 7) is 5.97. The zero-order valence-corrected chi connectivity index (χ0v) is 13.3. The molecule has 0 aromatic carbocycles. The second kappa shape index (κ2) is 6.28. The van der Waals surface area contributed by atoms with E-state index in [9.17, 15) is 9.59 Å². The van der Waals surface area contributed by atoms with E-state index in [-0.39, 0.29) is 17.7 Å². The first-order valence-electron chi connectivity index (χ1n) is 7.55. The lowest BCUT2D eigenvalue weighted by atomic mass is 10.0. The van der Waals surface area contributed by atoms with Gasteiger partial charge in [0.05, 0.1) is 18.8 Å². The van der Waals surface area contributed by atoms with Crippen LogP contribution >= 0.6 is 0 Å². The minimum Gasteiger partial charge on any atom is -0.343 e. The number of aromatic nitrogens is 2. The topological polar surface area (TPSA) is 58.4 Å². The highest BCUT2D eigenvalue weighted by Gasteiger charge is 2.27. The van der Waals surface area contributed by atoms with Crippen molar-refractivity contribution in [1.82, 2.24) is 19.6 Å². The molecular weight excluding hydrogens is 268 g/mol. The molecule has 1 aromatic rings. The third-order valence-corrected chi connectivity index (χ3v) is 4.07. The highest BCUT2D eigenvalue weighted by atomic mass is 16.2. The van der Waals surface area contributed by atoms with Gasteiger partial charge in [-0.2, -0.15) is 5.10 Å². The van der Waals surface area contributed by atoms with Gasteiger partial charge in [-0.05, 0) is 18.9 Å². The Morgan fingerprint density at radius 2 is 1.95 bits per heavy atom. The molecular formula is C15H24N4O2. The normalized spacial score (nSPS) is 14.2. The number of fused-ring (bicyclic) bond motifs is 1. The van der Waals surface area contributed by atoms with Crippen LogP contribution in [0.2, 0.25) is 0 Å². The van der Waals surface area contributed by atoms with Gasteiger partial charge in [0.1, 0.15) is 0 Å². The summed E-state index contributed by atoms with van der Waals surface area (Å²) in [6, 6.07) is 1.80. The quantitative estimate of drug-likeness (QED) is 0.842. The van der Waals surface area contributed by atoms with Crippen LogP contribution in [0.5, 0.6) is 0 Å². The van der Waals surface area contributed by atoms with Crippen molar-refractivity contribution in [1.29, 1.82) is 0 Å². The zero-order valence-electron chi connectivity index (χ0n) is 13.3. The number of carbonyl (C=O) groups excluding carboxylic acids is 2. The summed E-state index contributed by atoms with van der Waals surface area (Å²) in [5, 5.41) is 4.34. The van der Waals surface area contributed by atoms with Gasteiger partial charge < -0.3 is 9.80 Å². The first-order valence-corrected chi connectivity index (χ1v) is 7.55. The molecule has 6 heteroatoms. The van der Waals surface area contributed by atoms with Crippen molar-refractivity contribution < 1.29 is 9.59 Å². The highest BCUT2D eigenvalue weighted by Crippen LogP contribution is 2.19. The smallest absolute Gasteiger partial charge is 0.273 e. The summed E-state index contributed by atoms with van der Waals surface area (Å²) >= 11 is 0. The second-order valence-electron chi connectivity index (χ2n) is 5.72. The second-order valence-corrected chi connectivity index (χ2v) is 5.72. The fraction of sp³-hybridized carbons (Fsp3) is 0.667. The van der Waals surface area contributed by atoms with E-state index in [1.807, 2.05) is 23.4 Å². The van der Waals surface area contributed by atoms with Crippen LogP contribution in [0.15, 0.2) is 6.07 Å². The molecule has 0 spiro atoms. The van der Waals surface area contributed by atoms with Gasteiger partial charge in [-0.3, -0.25) is 14.3 Å². The van der Waals surface area contributed by atoms with E-state index < -0.39 is 0 Å². The van der Waals surface area contributed by atoms with E-state index in [4.69, 9.17) is 0 Å². The van der Waals surface area contributed by atoms with Crippen molar-refractivity contribution in [3.8, 4) is 0 Å². The van der Waals surface area contributed by atoms with Gasteiger partial charge in [-0.15, -0.1) is 0 Å². The minimum absolute atomic E-state index is 0.0994. The lowest BCUT2D eigenvalue weighted by Crippen LogP contribution is -2.41. The Kier molecular flexibility index (Phi) is 4.65. The third kappa shape index (κ3) is 3.09. The number of carbonyl (C=O) groups is 2. The van der Waals surface area contributed by atoms with E-state index >= 15 is 0 Å². The molecule has 0 N–H and O–H groups in total. The molecule has 0 saturated carbocycles. The van der Waals surface area contributed by atoms with Gasteiger partial charge in [-0.25, -0.2) is 0 Å². The van der Waals surface area contributed by atoms with Gasteiger partial charge in [0.25, 0.3) is 5.91 Å². The summed E-state index contributed by atoms with van der Waals surface area (Å²) in [4.78, 5) is 27.8. The molecule has 6 nitrogen and oxygen atoms in total. The predicted molar refractivity (Wildman–Crippen MR) is 79.7 cm³/mol. The van der Waals surface area contributed by atoms with E-state index in [2.05, 4.69) is 5.10 Å². The van der Waals surface area contributed by atoms with Gasteiger partial charge >= 0.3 is 0 Å². The van der Waals surface area contributed by atoms with E-state index in [1.54, 1.807) is 20.2 Å². The van der Waals surface area contributed by atoms with Crippen LogP contribution in [-0.4, -0.2) is 52.0 Å². The predicted octanol–water partition coefficient (Wildman–Crippen LogP) is 1.36. The molecule has 1 aliphatic heterocycles. The van der Waals surface area contributed by atoms with Crippen LogP contribution in [0.4, 0.5) is 0 Å². The lowest BCUT2D eigenvalue weighted by molar-refractivity contribution is -0.137. The average Bonchev–Trinajstić information content (AvgIpc) is 2.90. The first-order chi connectivity index (χ1) is 9.97. The number of rotatable bonds is 4. The van der Waals surface area contributed by atoms with E-state index in [1.165, 1.54) is 4.90 Å². The molecule has 2 amide bonds. The lowest BCUT2D eigenvalue weighted by Gasteiger charge is -2.30. The highest BCUT2D eigenvalue weighted by molar-refractivity contribution is 5.92. The Hall–Kier alpha value is -1.85. The molecule has 1 aromatic heterocycles. The fourth-order valence-electron chi connectivity index (χ4n) is 2.68. The van der Waals surface area contributed by atoms with Gasteiger partial charge in [0, 0.05) is 26.6 Å². The van der Waals surface area contributed by atoms with Crippen LogP contribution in [0, 0.1) is 5.92 Å². The maximum atomic E-state index is 12.4. The van der Waals surface area contributed by atoms with Crippen molar-refractivity contribution in [2.24, 2.45) is 5.92 Å². The molecule has 116 valence electrons. The number of nitrogens with zero attached hydrogens (tertiary/aromatic N) is 4. The monoisotopic (exact) mass is 292 g/mol. The molecule has 21 heavy (non-hydrogen) atoms. The van der Waals surface area contributed by atoms with Gasteiger partial charge in [-0.1, -0.05) is 13.8 Å². The molecule has 0 bridgehead atoms.